The number of nitrogens with zero attached hydrogens (tertiary/aromatic N) is 4. The maximum absolute atomic E-state index is 4.44. The molecule has 1 saturated heterocycles. The minimum absolute atomic E-state index is 0.799. The summed E-state index contributed by atoms with van der Waals surface area (Å²) in [6, 6.07) is 0. The van der Waals surface area contributed by atoms with E-state index in [2.05, 4.69) is 37.7 Å². The highest BCUT2D eigenvalue weighted by molar-refractivity contribution is 5.40. The lowest BCUT2D eigenvalue weighted by atomic mass is 10.4. The van der Waals surface area contributed by atoms with Gasteiger partial charge in [-0.1, -0.05) is 0 Å². The third-order valence-electron chi connectivity index (χ3n) is 2.77. The number of aromatic nitrogens is 2. The van der Waals surface area contributed by atoms with Gasteiger partial charge in [0.2, 0.25) is 0 Å². The number of piperazine rings is 1. The quantitative estimate of drug-likeness (QED) is 0.793. The highest BCUT2D eigenvalue weighted by Crippen LogP contribution is 2.08. The first-order valence-electron chi connectivity index (χ1n) is 6.04. The second-order valence-corrected chi connectivity index (χ2v) is 4.22. The monoisotopic (exact) mass is 236 g/mol. The topological polar surface area (TPSA) is 56.3 Å². The van der Waals surface area contributed by atoms with Crippen molar-refractivity contribution in [3.8, 4) is 0 Å². The van der Waals surface area contributed by atoms with Crippen molar-refractivity contribution >= 4 is 11.6 Å². The molecular weight excluding hydrogens is 216 g/mol. The first kappa shape index (κ1) is 12.1. The fraction of sp³-hybridized carbons (Fsp3) is 0.636. The molecule has 0 atom stereocenters. The first-order valence-corrected chi connectivity index (χ1v) is 6.04. The van der Waals surface area contributed by atoms with Crippen molar-refractivity contribution in [1.29, 1.82) is 0 Å². The van der Waals surface area contributed by atoms with Gasteiger partial charge in [0.25, 0.3) is 0 Å². The maximum atomic E-state index is 4.44. The Morgan fingerprint density at radius 2 is 1.88 bits per heavy atom. The van der Waals surface area contributed by atoms with E-state index in [0.717, 1.165) is 44.4 Å². The normalized spacial score (nSPS) is 18.0. The van der Waals surface area contributed by atoms with Crippen molar-refractivity contribution in [2.75, 3.05) is 50.5 Å². The second-order valence-electron chi connectivity index (χ2n) is 4.22. The Hall–Kier alpha value is -1.40. The van der Waals surface area contributed by atoms with Gasteiger partial charge in [-0.05, 0) is 14.0 Å². The molecule has 0 aliphatic carbocycles. The summed E-state index contributed by atoms with van der Waals surface area (Å²) < 4.78 is 0. The summed E-state index contributed by atoms with van der Waals surface area (Å²) in [7, 11) is 2.14. The van der Waals surface area contributed by atoms with Crippen LogP contribution in [0.5, 0.6) is 0 Å². The average molecular weight is 236 g/mol. The van der Waals surface area contributed by atoms with E-state index in [9.17, 15) is 0 Å². The highest BCUT2D eigenvalue weighted by Gasteiger charge is 2.13. The Balaban J connectivity index is 1.91. The average Bonchev–Trinajstić information content (AvgIpc) is 2.33. The molecule has 17 heavy (non-hydrogen) atoms. The van der Waals surface area contributed by atoms with Crippen LogP contribution >= 0.6 is 0 Å². The molecule has 0 amide bonds. The van der Waals surface area contributed by atoms with Crippen LogP contribution in [-0.2, 0) is 0 Å². The highest BCUT2D eigenvalue weighted by atomic mass is 15.5. The first-order chi connectivity index (χ1) is 8.28. The van der Waals surface area contributed by atoms with Crippen molar-refractivity contribution < 1.29 is 0 Å². The van der Waals surface area contributed by atoms with E-state index >= 15 is 0 Å². The standard InChI is InChI=1S/C11H20N6/c1-3-13-10-8-12-9-11(14-10)15-17-6-4-16(2)5-7-17/h8-9H,3-7H2,1-2H3,(H2,13,14,15). The number of hydrazine groups is 1. The summed E-state index contributed by atoms with van der Waals surface area (Å²) >= 11 is 0. The van der Waals surface area contributed by atoms with Crippen molar-refractivity contribution in [3.63, 3.8) is 0 Å². The van der Waals surface area contributed by atoms with E-state index in [-0.39, 0.29) is 0 Å². The SMILES string of the molecule is CCNc1cncc(NN2CCN(C)CC2)n1. The summed E-state index contributed by atoms with van der Waals surface area (Å²) in [5.41, 5.74) is 3.29. The Morgan fingerprint density at radius 3 is 2.59 bits per heavy atom. The van der Waals surface area contributed by atoms with Crippen molar-refractivity contribution in [2.45, 2.75) is 6.92 Å². The van der Waals surface area contributed by atoms with E-state index in [1.54, 1.807) is 12.4 Å². The molecule has 0 aromatic carbocycles. The third-order valence-corrected chi connectivity index (χ3v) is 2.77. The van der Waals surface area contributed by atoms with E-state index in [1.807, 2.05) is 6.92 Å². The number of nitrogens with one attached hydrogen (secondary N) is 2. The van der Waals surface area contributed by atoms with E-state index in [4.69, 9.17) is 0 Å². The Labute approximate surface area is 102 Å². The number of hydrogen-bond donors (Lipinski definition) is 2. The molecule has 2 N–H and O–H groups in total. The predicted octanol–water partition coefficient (Wildman–Crippen LogP) is 0.483. The van der Waals surface area contributed by atoms with Gasteiger partial charge in [-0.15, -0.1) is 0 Å². The van der Waals surface area contributed by atoms with Gasteiger partial charge < -0.3 is 15.6 Å². The molecule has 1 aromatic rings. The molecular formula is C11H20N6. The molecule has 2 rings (SSSR count). The lowest BCUT2D eigenvalue weighted by molar-refractivity contribution is 0.178. The third kappa shape index (κ3) is 3.54. The summed E-state index contributed by atoms with van der Waals surface area (Å²) in [4.78, 5) is 10.9. The molecule has 0 unspecified atom stereocenters. The zero-order valence-corrected chi connectivity index (χ0v) is 10.5. The van der Waals surface area contributed by atoms with Crippen LogP contribution in [0, 0.1) is 0 Å². The summed E-state index contributed by atoms with van der Waals surface area (Å²) in [6.07, 6.45) is 3.48. The molecule has 94 valence electrons. The van der Waals surface area contributed by atoms with Crippen LogP contribution in [-0.4, -0.2) is 59.6 Å². The zero-order chi connectivity index (χ0) is 12.1. The molecule has 1 aromatic heterocycles. The maximum Gasteiger partial charge on any atom is 0.161 e. The molecule has 1 aliphatic heterocycles. The van der Waals surface area contributed by atoms with E-state index in [1.165, 1.54) is 0 Å². The van der Waals surface area contributed by atoms with Gasteiger partial charge in [-0.3, -0.25) is 4.98 Å². The minimum Gasteiger partial charge on any atom is -0.369 e. The van der Waals surface area contributed by atoms with Crippen LogP contribution in [0.2, 0.25) is 0 Å². The van der Waals surface area contributed by atoms with Crippen LogP contribution in [0.15, 0.2) is 12.4 Å². The Morgan fingerprint density at radius 1 is 1.18 bits per heavy atom. The van der Waals surface area contributed by atoms with Gasteiger partial charge >= 0.3 is 0 Å². The van der Waals surface area contributed by atoms with E-state index < -0.39 is 0 Å². The van der Waals surface area contributed by atoms with Gasteiger partial charge in [-0.25, -0.2) is 9.99 Å². The molecule has 0 bridgehead atoms. The fourth-order valence-electron chi connectivity index (χ4n) is 1.77. The molecule has 6 heteroatoms. The Bertz CT molecular complexity index is 348. The minimum atomic E-state index is 0.799. The second kappa shape index (κ2) is 5.79. The van der Waals surface area contributed by atoms with E-state index in [0.29, 0.717) is 0 Å². The van der Waals surface area contributed by atoms with Gasteiger partial charge in [-0.2, -0.15) is 0 Å². The molecule has 0 saturated carbocycles. The van der Waals surface area contributed by atoms with Crippen LogP contribution in [0.25, 0.3) is 0 Å². The number of likely N-dealkylation sites (N-methyl/N-ethyl adjacent to an activating group) is 1. The van der Waals surface area contributed by atoms with Crippen molar-refractivity contribution in [1.82, 2.24) is 19.9 Å². The van der Waals surface area contributed by atoms with Gasteiger partial charge in [0.1, 0.15) is 5.82 Å². The molecule has 6 nitrogen and oxygen atoms in total. The fourth-order valence-corrected chi connectivity index (χ4v) is 1.77. The number of hydrogen-bond acceptors (Lipinski definition) is 6. The van der Waals surface area contributed by atoms with Crippen molar-refractivity contribution in [2.24, 2.45) is 0 Å². The number of anilines is 2. The number of rotatable bonds is 4. The molecule has 1 aliphatic rings. The smallest absolute Gasteiger partial charge is 0.161 e. The molecule has 0 radical (unpaired) electrons. The zero-order valence-electron chi connectivity index (χ0n) is 10.5. The van der Waals surface area contributed by atoms with Crippen LogP contribution in [0.1, 0.15) is 6.92 Å². The van der Waals surface area contributed by atoms with Crippen LogP contribution < -0.4 is 10.7 Å². The van der Waals surface area contributed by atoms with Crippen LogP contribution in [0.3, 0.4) is 0 Å². The Kier molecular flexibility index (Phi) is 4.11. The van der Waals surface area contributed by atoms with Crippen molar-refractivity contribution in [3.05, 3.63) is 12.4 Å². The van der Waals surface area contributed by atoms with Gasteiger partial charge in [0.15, 0.2) is 5.82 Å². The van der Waals surface area contributed by atoms with Gasteiger partial charge in [0, 0.05) is 32.7 Å². The predicted molar refractivity (Wildman–Crippen MR) is 68.9 cm³/mol. The summed E-state index contributed by atoms with van der Waals surface area (Å²) in [5, 5.41) is 5.33. The lowest BCUT2D eigenvalue weighted by Crippen LogP contribution is -2.47. The van der Waals surface area contributed by atoms with Crippen LogP contribution in [0.4, 0.5) is 11.6 Å². The summed E-state index contributed by atoms with van der Waals surface area (Å²) in [5.74, 6) is 1.61. The largest absolute Gasteiger partial charge is 0.369 e. The molecule has 1 fully saturated rings. The lowest BCUT2D eigenvalue weighted by Gasteiger charge is -2.32. The summed E-state index contributed by atoms with van der Waals surface area (Å²) in [6.45, 7) is 7.06. The molecule has 2 heterocycles. The van der Waals surface area contributed by atoms with Gasteiger partial charge in [0.05, 0.1) is 12.4 Å². The molecule has 0 spiro atoms.